The van der Waals surface area contributed by atoms with Crippen molar-refractivity contribution in [1.29, 1.82) is 0 Å². The Balaban J connectivity index is 2.25. The summed E-state index contributed by atoms with van der Waals surface area (Å²) in [4.78, 5) is 20.3. The lowest BCUT2D eigenvalue weighted by Gasteiger charge is -2.17. The maximum absolute atomic E-state index is 11.9. The van der Waals surface area contributed by atoms with E-state index in [4.69, 9.17) is 0 Å². The minimum atomic E-state index is -0.0645. The predicted molar refractivity (Wildman–Crippen MR) is 100 cm³/mol. The molecule has 0 spiro atoms. The van der Waals surface area contributed by atoms with Gasteiger partial charge in [0, 0.05) is 32.3 Å². The van der Waals surface area contributed by atoms with Crippen molar-refractivity contribution in [3.63, 3.8) is 0 Å². The Kier molecular flexibility index (Phi) is 9.49. The molecule has 6 heteroatoms. The van der Waals surface area contributed by atoms with Gasteiger partial charge in [0.1, 0.15) is 5.82 Å². The molecule has 134 valence electrons. The van der Waals surface area contributed by atoms with E-state index in [-0.39, 0.29) is 5.91 Å². The van der Waals surface area contributed by atoms with Crippen LogP contribution in [0.3, 0.4) is 0 Å². The zero-order valence-corrected chi connectivity index (χ0v) is 15.4. The molecule has 0 saturated heterocycles. The molecule has 3 N–H and O–H groups in total. The monoisotopic (exact) mass is 333 g/mol. The normalized spacial score (nSPS) is 12.6. The fraction of sp³-hybridized carbons (Fsp3) is 0.611. The number of carbonyl (C=O) groups is 1. The van der Waals surface area contributed by atoms with E-state index < -0.39 is 0 Å². The van der Waals surface area contributed by atoms with Crippen molar-refractivity contribution < 1.29 is 4.79 Å². The molecule has 1 rings (SSSR count). The molecule has 0 saturated carbocycles. The molecule has 1 atom stereocenters. The smallest absolute Gasteiger partial charge is 0.227 e. The van der Waals surface area contributed by atoms with Gasteiger partial charge in [0.15, 0.2) is 5.96 Å². The standard InChI is InChI=1S/C18H31N5O/c1-5-6-7-8-15(3)22-18(19-4)20-12-11-17(24)23-16-10-9-14(2)13-21-16/h9-10,13,15H,5-8,11-12H2,1-4H3,(H2,19,20,22)(H,21,23,24). The molecule has 0 aromatic carbocycles. The van der Waals surface area contributed by atoms with Crippen molar-refractivity contribution in [2.24, 2.45) is 4.99 Å². The van der Waals surface area contributed by atoms with Gasteiger partial charge in [0.2, 0.25) is 5.91 Å². The number of pyridine rings is 1. The van der Waals surface area contributed by atoms with Crippen LogP contribution in [0.1, 0.15) is 51.5 Å². The minimum absolute atomic E-state index is 0.0645. The number of guanidine groups is 1. The van der Waals surface area contributed by atoms with Gasteiger partial charge in [-0.2, -0.15) is 0 Å². The zero-order chi connectivity index (χ0) is 17.8. The Morgan fingerprint density at radius 2 is 2.12 bits per heavy atom. The van der Waals surface area contributed by atoms with Gasteiger partial charge in [-0.25, -0.2) is 4.98 Å². The first kappa shape index (κ1) is 19.9. The van der Waals surface area contributed by atoms with Crippen LogP contribution in [0.5, 0.6) is 0 Å². The summed E-state index contributed by atoms with van der Waals surface area (Å²) in [5.74, 6) is 1.25. The van der Waals surface area contributed by atoms with Gasteiger partial charge in [0.25, 0.3) is 0 Å². The lowest BCUT2D eigenvalue weighted by Crippen LogP contribution is -2.43. The number of anilines is 1. The van der Waals surface area contributed by atoms with Crippen molar-refractivity contribution in [1.82, 2.24) is 15.6 Å². The molecular weight excluding hydrogens is 302 g/mol. The number of aliphatic imine (C=N–C) groups is 1. The summed E-state index contributed by atoms with van der Waals surface area (Å²) in [5.41, 5.74) is 1.07. The molecule has 0 aliphatic rings. The number of hydrogen-bond donors (Lipinski definition) is 3. The van der Waals surface area contributed by atoms with E-state index in [1.165, 1.54) is 19.3 Å². The van der Waals surface area contributed by atoms with Crippen molar-refractivity contribution in [2.75, 3.05) is 18.9 Å². The number of rotatable bonds is 9. The highest BCUT2D eigenvalue weighted by Gasteiger charge is 2.07. The van der Waals surface area contributed by atoms with Gasteiger partial charge in [-0.3, -0.25) is 9.79 Å². The van der Waals surface area contributed by atoms with Crippen LogP contribution in [0.4, 0.5) is 5.82 Å². The molecule has 1 aromatic heterocycles. The van der Waals surface area contributed by atoms with Crippen LogP contribution in [-0.2, 0) is 4.79 Å². The fourth-order valence-electron chi connectivity index (χ4n) is 2.24. The van der Waals surface area contributed by atoms with Gasteiger partial charge in [-0.05, 0) is 31.9 Å². The molecule has 0 bridgehead atoms. The van der Waals surface area contributed by atoms with Gasteiger partial charge >= 0.3 is 0 Å². The third kappa shape index (κ3) is 8.50. The molecular formula is C18H31N5O. The third-order valence-electron chi connectivity index (χ3n) is 3.67. The summed E-state index contributed by atoms with van der Waals surface area (Å²) in [6, 6.07) is 4.10. The van der Waals surface area contributed by atoms with Crippen molar-refractivity contribution in [3.05, 3.63) is 23.9 Å². The van der Waals surface area contributed by atoms with Crippen molar-refractivity contribution in [3.8, 4) is 0 Å². The average Bonchev–Trinajstić information content (AvgIpc) is 2.56. The van der Waals surface area contributed by atoms with Gasteiger partial charge in [-0.15, -0.1) is 0 Å². The second-order valence-electron chi connectivity index (χ2n) is 6.06. The largest absolute Gasteiger partial charge is 0.356 e. The summed E-state index contributed by atoms with van der Waals surface area (Å²) >= 11 is 0. The number of nitrogens with one attached hydrogen (secondary N) is 3. The van der Waals surface area contributed by atoms with Gasteiger partial charge in [0.05, 0.1) is 0 Å². The molecule has 0 aliphatic carbocycles. The summed E-state index contributed by atoms with van der Waals surface area (Å²) < 4.78 is 0. The maximum Gasteiger partial charge on any atom is 0.227 e. The van der Waals surface area contributed by atoms with Crippen LogP contribution in [0.15, 0.2) is 23.3 Å². The Labute approximate surface area is 145 Å². The summed E-state index contributed by atoms with van der Waals surface area (Å²) in [5, 5.41) is 9.31. The molecule has 6 nitrogen and oxygen atoms in total. The van der Waals surface area contributed by atoms with Crippen LogP contribution in [-0.4, -0.2) is 36.5 Å². The van der Waals surface area contributed by atoms with E-state index in [1.807, 2.05) is 13.0 Å². The molecule has 1 heterocycles. The van der Waals surface area contributed by atoms with E-state index in [0.717, 1.165) is 17.9 Å². The Morgan fingerprint density at radius 3 is 2.75 bits per heavy atom. The Morgan fingerprint density at radius 1 is 1.33 bits per heavy atom. The van der Waals surface area contributed by atoms with E-state index in [2.05, 4.69) is 39.8 Å². The molecule has 24 heavy (non-hydrogen) atoms. The first-order valence-electron chi connectivity index (χ1n) is 8.74. The highest BCUT2D eigenvalue weighted by atomic mass is 16.1. The number of aryl methyl sites for hydroxylation is 1. The third-order valence-corrected chi connectivity index (χ3v) is 3.67. The van der Waals surface area contributed by atoms with E-state index >= 15 is 0 Å². The molecule has 0 radical (unpaired) electrons. The maximum atomic E-state index is 11.9. The van der Waals surface area contributed by atoms with Gasteiger partial charge < -0.3 is 16.0 Å². The topological polar surface area (TPSA) is 78.4 Å². The average molecular weight is 333 g/mol. The number of hydrogen-bond acceptors (Lipinski definition) is 3. The fourth-order valence-corrected chi connectivity index (χ4v) is 2.24. The molecule has 0 aliphatic heterocycles. The summed E-state index contributed by atoms with van der Waals surface area (Å²) in [7, 11) is 1.74. The SMILES string of the molecule is CCCCCC(C)NC(=NC)NCCC(=O)Nc1ccc(C)cn1. The molecule has 0 fully saturated rings. The summed E-state index contributed by atoms with van der Waals surface area (Å²) in [6.07, 6.45) is 6.91. The zero-order valence-electron chi connectivity index (χ0n) is 15.4. The highest BCUT2D eigenvalue weighted by Crippen LogP contribution is 2.04. The van der Waals surface area contributed by atoms with E-state index in [1.54, 1.807) is 19.3 Å². The first-order chi connectivity index (χ1) is 11.5. The molecule has 1 unspecified atom stereocenters. The summed E-state index contributed by atoms with van der Waals surface area (Å²) in [6.45, 7) is 6.84. The van der Waals surface area contributed by atoms with Crippen LogP contribution >= 0.6 is 0 Å². The minimum Gasteiger partial charge on any atom is -0.356 e. The van der Waals surface area contributed by atoms with Crippen molar-refractivity contribution >= 4 is 17.7 Å². The Hall–Kier alpha value is -2.11. The predicted octanol–water partition coefficient (Wildman–Crippen LogP) is 2.85. The van der Waals surface area contributed by atoms with E-state index in [9.17, 15) is 4.79 Å². The number of nitrogens with zero attached hydrogens (tertiary/aromatic N) is 2. The number of amides is 1. The second kappa shape index (κ2) is 11.4. The highest BCUT2D eigenvalue weighted by molar-refractivity contribution is 5.90. The van der Waals surface area contributed by atoms with Crippen LogP contribution in [0.2, 0.25) is 0 Å². The second-order valence-corrected chi connectivity index (χ2v) is 6.06. The lowest BCUT2D eigenvalue weighted by molar-refractivity contribution is -0.116. The van der Waals surface area contributed by atoms with E-state index in [0.29, 0.717) is 24.8 Å². The van der Waals surface area contributed by atoms with Gasteiger partial charge in [-0.1, -0.05) is 32.3 Å². The number of unbranched alkanes of at least 4 members (excludes halogenated alkanes) is 2. The quantitative estimate of drug-likeness (QED) is 0.369. The van der Waals surface area contributed by atoms with Crippen LogP contribution in [0.25, 0.3) is 0 Å². The first-order valence-corrected chi connectivity index (χ1v) is 8.74. The lowest BCUT2D eigenvalue weighted by atomic mass is 10.1. The van der Waals surface area contributed by atoms with Crippen LogP contribution < -0.4 is 16.0 Å². The number of aromatic nitrogens is 1. The number of carbonyl (C=O) groups excluding carboxylic acids is 1. The molecule has 1 aromatic rings. The van der Waals surface area contributed by atoms with Crippen LogP contribution in [0, 0.1) is 6.92 Å². The van der Waals surface area contributed by atoms with Crippen molar-refractivity contribution in [2.45, 2.75) is 58.9 Å². The Bertz CT molecular complexity index is 513. The molecule has 1 amide bonds.